The van der Waals surface area contributed by atoms with Gasteiger partial charge in [0.15, 0.2) is 0 Å². The molecule has 0 aliphatic heterocycles. The van der Waals surface area contributed by atoms with Gasteiger partial charge in [0, 0.05) is 23.9 Å². The molecule has 0 amide bonds. The quantitative estimate of drug-likeness (QED) is 0.708. The van der Waals surface area contributed by atoms with E-state index in [-0.39, 0.29) is 11.6 Å². The summed E-state index contributed by atoms with van der Waals surface area (Å²) >= 11 is 0. The van der Waals surface area contributed by atoms with Gasteiger partial charge in [0.25, 0.3) is 0 Å². The monoisotopic (exact) mass is 283 g/mol. The summed E-state index contributed by atoms with van der Waals surface area (Å²) in [6.07, 6.45) is 2.15. The first-order valence-electron chi connectivity index (χ1n) is 6.90. The van der Waals surface area contributed by atoms with Crippen molar-refractivity contribution in [2.75, 3.05) is 5.73 Å². The Morgan fingerprint density at radius 1 is 1.19 bits per heavy atom. The zero-order chi connectivity index (χ0) is 14.6. The van der Waals surface area contributed by atoms with Gasteiger partial charge in [-0.1, -0.05) is 0 Å². The number of nitrogens with zero attached hydrogens (tertiary/aromatic N) is 2. The van der Waals surface area contributed by atoms with Gasteiger partial charge in [0.1, 0.15) is 17.4 Å². The minimum Gasteiger partial charge on any atom is -0.507 e. The maximum atomic E-state index is 13.4. The number of anilines is 1. The largest absolute Gasteiger partial charge is 0.507 e. The fourth-order valence-corrected chi connectivity index (χ4v) is 2.70. The third-order valence-corrected chi connectivity index (χ3v) is 3.83. The molecule has 1 fully saturated rings. The number of hydrogen-bond donors (Lipinski definition) is 2. The lowest BCUT2D eigenvalue weighted by atomic mass is 10.1. The molecule has 3 aromatic rings. The number of nitrogen functional groups attached to an aromatic ring is 1. The summed E-state index contributed by atoms with van der Waals surface area (Å²) in [5, 5.41) is 10.1. The summed E-state index contributed by atoms with van der Waals surface area (Å²) < 4.78 is 15.5. The lowest BCUT2D eigenvalue weighted by molar-refractivity contribution is 0.477. The fourth-order valence-electron chi connectivity index (χ4n) is 2.70. The Bertz CT molecular complexity index is 852. The minimum absolute atomic E-state index is 0.0904. The summed E-state index contributed by atoms with van der Waals surface area (Å²) in [7, 11) is 0. The molecule has 1 saturated carbocycles. The molecule has 106 valence electrons. The van der Waals surface area contributed by atoms with Crippen LogP contribution in [-0.2, 0) is 0 Å². The second kappa shape index (κ2) is 4.22. The van der Waals surface area contributed by atoms with Crippen molar-refractivity contribution < 1.29 is 9.50 Å². The zero-order valence-corrected chi connectivity index (χ0v) is 11.3. The van der Waals surface area contributed by atoms with E-state index < -0.39 is 0 Å². The van der Waals surface area contributed by atoms with E-state index in [4.69, 9.17) is 5.73 Å². The Labute approximate surface area is 120 Å². The minimum atomic E-state index is -0.309. The first-order chi connectivity index (χ1) is 10.1. The van der Waals surface area contributed by atoms with E-state index in [1.165, 1.54) is 18.2 Å². The first kappa shape index (κ1) is 12.2. The molecule has 0 spiro atoms. The number of aromatic nitrogens is 2. The van der Waals surface area contributed by atoms with Crippen molar-refractivity contribution in [2.24, 2.45) is 0 Å². The van der Waals surface area contributed by atoms with Crippen molar-refractivity contribution >= 4 is 16.7 Å². The molecule has 0 atom stereocenters. The predicted molar refractivity (Wildman–Crippen MR) is 79.5 cm³/mol. The molecule has 5 heteroatoms. The second-order valence-corrected chi connectivity index (χ2v) is 5.45. The van der Waals surface area contributed by atoms with Crippen molar-refractivity contribution in [3.63, 3.8) is 0 Å². The highest BCUT2D eigenvalue weighted by Gasteiger charge is 2.29. The van der Waals surface area contributed by atoms with Crippen LogP contribution in [0.2, 0.25) is 0 Å². The van der Waals surface area contributed by atoms with Crippen LogP contribution >= 0.6 is 0 Å². The van der Waals surface area contributed by atoms with Gasteiger partial charge in [0.05, 0.1) is 16.6 Å². The smallest absolute Gasteiger partial charge is 0.145 e. The van der Waals surface area contributed by atoms with Gasteiger partial charge in [-0.05, 0) is 37.1 Å². The molecule has 1 heterocycles. The number of aromatic hydroxyl groups is 1. The Balaban J connectivity index is 2.01. The molecule has 3 N–H and O–H groups in total. The van der Waals surface area contributed by atoms with E-state index in [1.807, 2.05) is 0 Å². The maximum absolute atomic E-state index is 13.4. The normalized spacial score (nSPS) is 14.7. The van der Waals surface area contributed by atoms with Crippen molar-refractivity contribution in [3.05, 3.63) is 42.2 Å². The van der Waals surface area contributed by atoms with Gasteiger partial charge in [-0.25, -0.2) is 9.37 Å². The SMILES string of the molecule is Nc1ccc(-c2nc3cc(F)ccc3n2C2CC2)c(O)c1. The van der Waals surface area contributed by atoms with Crippen molar-refractivity contribution in [1.82, 2.24) is 9.55 Å². The Morgan fingerprint density at radius 3 is 2.71 bits per heavy atom. The number of halogens is 1. The van der Waals surface area contributed by atoms with Gasteiger partial charge in [-0.15, -0.1) is 0 Å². The second-order valence-electron chi connectivity index (χ2n) is 5.45. The molecule has 2 aromatic carbocycles. The van der Waals surface area contributed by atoms with E-state index in [0.29, 0.717) is 28.6 Å². The highest BCUT2D eigenvalue weighted by Crippen LogP contribution is 2.43. The van der Waals surface area contributed by atoms with Crippen LogP contribution in [0.15, 0.2) is 36.4 Å². The number of rotatable bonds is 2. The maximum Gasteiger partial charge on any atom is 0.145 e. The van der Waals surface area contributed by atoms with Crippen molar-refractivity contribution in [1.29, 1.82) is 0 Å². The molecule has 4 rings (SSSR count). The van der Waals surface area contributed by atoms with Crippen LogP contribution in [0, 0.1) is 5.82 Å². The van der Waals surface area contributed by atoms with Gasteiger partial charge in [-0.2, -0.15) is 0 Å². The fraction of sp³-hybridized carbons (Fsp3) is 0.188. The van der Waals surface area contributed by atoms with Gasteiger partial charge in [0.2, 0.25) is 0 Å². The van der Waals surface area contributed by atoms with E-state index >= 15 is 0 Å². The van der Waals surface area contributed by atoms with E-state index in [9.17, 15) is 9.50 Å². The number of imidazole rings is 1. The molecule has 0 unspecified atom stereocenters. The van der Waals surface area contributed by atoms with Crippen molar-refractivity contribution in [2.45, 2.75) is 18.9 Å². The lowest BCUT2D eigenvalue weighted by Crippen LogP contribution is -1.98. The number of benzene rings is 2. The summed E-state index contributed by atoms with van der Waals surface area (Å²) in [4.78, 5) is 4.52. The number of phenolic OH excluding ortho intramolecular Hbond substituents is 1. The van der Waals surface area contributed by atoms with Crippen LogP contribution < -0.4 is 5.73 Å². The first-order valence-corrected chi connectivity index (χ1v) is 6.90. The summed E-state index contributed by atoms with van der Waals surface area (Å²) in [5.41, 5.74) is 8.29. The molecule has 1 aromatic heterocycles. The molecule has 4 nitrogen and oxygen atoms in total. The lowest BCUT2D eigenvalue weighted by Gasteiger charge is -2.09. The van der Waals surface area contributed by atoms with Crippen LogP contribution in [0.4, 0.5) is 10.1 Å². The molecule has 0 bridgehead atoms. The Kier molecular flexibility index (Phi) is 2.45. The van der Waals surface area contributed by atoms with Gasteiger partial charge in [-0.3, -0.25) is 0 Å². The Morgan fingerprint density at radius 2 is 2.00 bits per heavy atom. The van der Waals surface area contributed by atoms with E-state index in [1.54, 1.807) is 18.2 Å². The third kappa shape index (κ3) is 1.93. The number of fused-ring (bicyclic) bond motifs is 1. The predicted octanol–water partition coefficient (Wildman–Crippen LogP) is 3.47. The average Bonchev–Trinajstić information content (AvgIpc) is 3.20. The number of hydrogen-bond acceptors (Lipinski definition) is 3. The standard InChI is InChI=1S/C16H14FN3O/c17-9-1-6-14-13(7-9)19-16(20(14)11-3-4-11)12-5-2-10(18)8-15(12)21/h1-2,5-8,11,21H,3-4,18H2. The summed E-state index contributed by atoms with van der Waals surface area (Å²) in [6.45, 7) is 0. The molecular formula is C16H14FN3O. The molecular weight excluding hydrogens is 269 g/mol. The van der Waals surface area contributed by atoms with Crippen LogP contribution in [0.5, 0.6) is 5.75 Å². The van der Waals surface area contributed by atoms with E-state index in [2.05, 4.69) is 9.55 Å². The molecule has 0 radical (unpaired) electrons. The molecule has 1 aliphatic rings. The van der Waals surface area contributed by atoms with Gasteiger partial charge >= 0.3 is 0 Å². The molecule has 21 heavy (non-hydrogen) atoms. The van der Waals surface area contributed by atoms with Crippen LogP contribution in [-0.4, -0.2) is 14.7 Å². The summed E-state index contributed by atoms with van der Waals surface area (Å²) in [6, 6.07) is 9.96. The number of phenols is 1. The summed E-state index contributed by atoms with van der Waals surface area (Å²) in [5.74, 6) is 0.444. The highest BCUT2D eigenvalue weighted by atomic mass is 19.1. The highest BCUT2D eigenvalue weighted by molar-refractivity contribution is 5.82. The Hall–Kier alpha value is -2.56. The van der Waals surface area contributed by atoms with Crippen LogP contribution in [0.25, 0.3) is 22.4 Å². The zero-order valence-electron chi connectivity index (χ0n) is 11.3. The van der Waals surface area contributed by atoms with Gasteiger partial charge < -0.3 is 15.4 Å². The number of nitrogens with two attached hydrogens (primary N) is 1. The van der Waals surface area contributed by atoms with E-state index in [0.717, 1.165) is 18.4 Å². The molecule has 1 aliphatic carbocycles. The topological polar surface area (TPSA) is 64.1 Å². The average molecular weight is 283 g/mol. The van der Waals surface area contributed by atoms with Crippen molar-refractivity contribution in [3.8, 4) is 17.1 Å². The van der Waals surface area contributed by atoms with Crippen LogP contribution in [0.1, 0.15) is 18.9 Å². The van der Waals surface area contributed by atoms with Crippen LogP contribution in [0.3, 0.4) is 0 Å². The third-order valence-electron chi connectivity index (χ3n) is 3.83. The molecule has 0 saturated heterocycles.